The number of carbonyl (C=O) groups is 1. The first-order valence-electron chi connectivity index (χ1n) is 8.53. The number of methoxy groups -OCH3 is 1. The van der Waals surface area contributed by atoms with Crippen LogP contribution in [0.25, 0.3) is 0 Å². The van der Waals surface area contributed by atoms with Crippen molar-refractivity contribution in [2.45, 2.75) is 45.1 Å². The number of ether oxygens (including phenoxy) is 2. The summed E-state index contributed by atoms with van der Waals surface area (Å²) in [6.07, 6.45) is 5.23. The molecule has 1 aliphatic heterocycles. The summed E-state index contributed by atoms with van der Waals surface area (Å²) >= 11 is 0. The minimum absolute atomic E-state index is 0.0264. The molecule has 5 nitrogen and oxygen atoms in total. The summed E-state index contributed by atoms with van der Waals surface area (Å²) in [5.74, 6) is 1.32. The molecule has 1 heterocycles. The Bertz CT molecular complexity index is 519. The van der Waals surface area contributed by atoms with Crippen LogP contribution in [0.2, 0.25) is 0 Å². The van der Waals surface area contributed by atoms with Crippen molar-refractivity contribution in [3.8, 4) is 11.5 Å². The monoisotopic (exact) mass is 320 g/mol. The van der Waals surface area contributed by atoms with Crippen LogP contribution in [0.1, 0.15) is 49.4 Å². The highest BCUT2D eigenvalue weighted by Crippen LogP contribution is 2.29. The zero-order chi connectivity index (χ0) is 16.7. The van der Waals surface area contributed by atoms with Crippen molar-refractivity contribution in [1.82, 2.24) is 4.90 Å². The predicted octanol–water partition coefficient (Wildman–Crippen LogP) is 2.83. The molecule has 1 saturated heterocycles. The Hall–Kier alpha value is -1.75. The molecule has 0 spiro atoms. The van der Waals surface area contributed by atoms with E-state index in [0.29, 0.717) is 30.2 Å². The summed E-state index contributed by atoms with van der Waals surface area (Å²) < 4.78 is 11.1. The zero-order valence-electron chi connectivity index (χ0n) is 14.2. The molecule has 1 amide bonds. The lowest BCUT2D eigenvalue weighted by atomic mass is 10.0. The average molecular weight is 320 g/mol. The van der Waals surface area contributed by atoms with Gasteiger partial charge in [0.05, 0.1) is 13.7 Å². The first kappa shape index (κ1) is 17.6. The third kappa shape index (κ3) is 4.38. The van der Waals surface area contributed by atoms with Crippen LogP contribution in [-0.2, 0) is 0 Å². The SMILES string of the molecule is CCCCOc1ccc(C(=O)N2CCCCC2CN)cc1OC. The van der Waals surface area contributed by atoms with Crippen LogP contribution in [0.4, 0.5) is 0 Å². The molecule has 23 heavy (non-hydrogen) atoms. The van der Waals surface area contributed by atoms with Gasteiger partial charge in [0.2, 0.25) is 0 Å². The zero-order valence-corrected chi connectivity index (χ0v) is 14.2. The van der Waals surface area contributed by atoms with E-state index in [4.69, 9.17) is 15.2 Å². The van der Waals surface area contributed by atoms with Gasteiger partial charge >= 0.3 is 0 Å². The number of nitrogens with zero attached hydrogens (tertiary/aromatic N) is 1. The highest BCUT2D eigenvalue weighted by Gasteiger charge is 2.27. The largest absolute Gasteiger partial charge is 0.493 e. The van der Waals surface area contributed by atoms with Gasteiger partial charge in [0.15, 0.2) is 11.5 Å². The van der Waals surface area contributed by atoms with Gasteiger partial charge in [-0.05, 0) is 43.9 Å². The molecule has 2 rings (SSSR count). The lowest BCUT2D eigenvalue weighted by Gasteiger charge is -2.35. The Kier molecular flexibility index (Phi) is 6.71. The van der Waals surface area contributed by atoms with E-state index in [1.807, 2.05) is 17.0 Å². The highest BCUT2D eigenvalue weighted by atomic mass is 16.5. The molecule has 0 aliphatic carbocycles. The van der Waals surface area contributed by atoms with Gasteiger partial charge in [-0.2, -0.15) is 0 Å². The van der Waals surface area contributed by atoms with E-state index >= 15 is 0 Å². The second-order valence-corrected chi connectivity index (χ2v) is 5.95. The number of benzene rings is 1. The van der Waals surface area contributed by atoms with Gasteiger partial charge in [0.25, 0.3) is 5.91 Å². The van der Waals surface area contributed by atoms with Crippen molar-refractivity contribution in [1.29, 1.82) is 0 Å². The summed E-state index contributed by atoms with van der Waals surface area (Å²) in [6, 6.07) is 5.55. The van der Waals surface area contributed by atoms with Gasteiger partial charge in [-0.25, -0.2) is 0 Å². The molecular formula is C18H28N2O3. The lowest BCUT2D eigenvalue weighted by molar-refractivity contribution is 0.0623. The number of likely N-dealkylation sites (tertiary alicyclic amines) is 1. The van der Waals surface area contributed by atoms with Crippen molar-refractivity contribution in [3.63, 3.8) is 0 Å². The Labute approximate surface area is 138 Å². The molecule has 2 N–H and O–H groups in total. The van der Waals surface area contributed by atoms with Crippen molar-refractivity contribution >= 4 is 5.91 Å². The summed E-state index contributed by atoms with van der Waals surface area (Å²) in [5, 5.41) is 0. The molecule has 0 bridgehead atoms. The third-order valence-corrected chi connectivity index (χ3v) is 4.33. The van der Waals surface area contributed by atoms with Crippen LogP contribution >= 0.6 is 0 Å². The Morgan fingerprint density at radius 3 is 2.87 bits per heavy atom. The Balaban J connectivity index is 2.13. The topological polar surface area (TPSA) is 64.8 Å². The van der Waals surface area contributed by atoms with E-state index < -0.39 is 0 Å². The normalized spacial score (nSPS) is 17.9. The van der Waals surface area contributed by atoms with Crippen LogP contribution in [0.15, 0.2) is 18.2 Å². The maximum Gasteiger partial charge on any atom is 0.254 e. The average Bonchev–Trinajstić information content (AvgIpc) is 2.61. The number of nitrogens with two attached hydrogens (primary N) is 1. The Morgan fingerprint density at radius 2 is 2.17 bits per heavy atom. The summed E-state index contributed by atoms with van der Waals surface area (Å²) in [4.78, 5) is 14.7. The second-order valence-electron chi connectivity index (χ2n) is 5.95. The number of rotatable bonds is 7. The highest BCUT2D eigenvalue weighted by molar-refractivity contribution is 5.95. The fourth-order valence-electron chi connectivity index (χ4n) is 2.93. The molecule has 128 valence electrons. The second kappa shape index (κ2) is 8.77. The van der Waals surface area contributed by atoms with Crippen LogP contribution in [0.5, 0.6) is 11.5 Å². The van der Waals surface area contributed by atoms with E-state index in [-0.39, 0.29) is 11.9 Å². The van der Waals surface area contributed by atoms with Crippen LogP contribution in [0.3, 0.4) is 0 Å². The number of piperidine rings is 1. The molecule has 0 saturated carbocycles. The maximum absolute atomic E-state index is 12.8. The molecule has 0 radical (unpaired) electrons. The van der Waals surface area contributed by atoms with Crippen LogP contribution in [0, 0.1) is 0 Å². The van der Waals surface area contributed by atoms with Gasteiger partial charge in [0.1, 0.15) is 0 Å². The molecule has 0 aromatic heterocycles. The third-order valence-electron chi connectivity index (χ3n) is 4.33. The molecule has 1 unspecified atom stereocenters. The fraction of sp³-hybridized carbons (Fsp3) is 0.611. The van der Waals surface area contributed by atoms with E-state index in [9.17, 15) is 4.79 Å². The van der Waals surface area contributed by atoms with Crippen molar-refractivity contribution in [3.05, 3.63) is 23.8 Å². The molecule has 1 aromatic carbocycles. The van der Waals surface area contributed by atoms with E-state index in [1.54, 1.807) is 13.2 Å². The van der Waals surface area contributed by atoms with E-state index in [2.05, 4.69) is 6.92 Å². The number of hydrogen-bond acceptors (Lipinski definition) is 4. The van der Waals surface area contributed by atoms with Crippen LogP contribution < -0.4 is 15.2 Å². The first-order valence-corrected chi connectivity index (χ1v) is 8.53. The minimum Gasteiger partial charge on any atom is -0.493 e. The Morgan fingerprint density at radius 1 is 1.35 bits per heavy atom. The number of carbonyl (C=O) groups excluding carboxylic acids is 1. The molecular weight excluding hydrogens is 292 g/mol. The smallest absolute Gasteiger partial charge is 0.254 e. The standard InChI is InChI=1S/C18H28N2O3/c1-3-4-11-23-16-9-8-14(12-17(16)22-2)18(21)20-10-6-5-7-15(20)13-19/h8-9,12,15H,3-7,10-11,13,19H2,1-2H3. The van der Waals surface area contributed by atoms with E-state index in [1.165, 1.54) is 0 Å². The van der Waals surface area contributed by atoms with Crippen molar-refractivity contribution in [2.75, 3.05) is 26.8 Å². The fourth-order valence-corrected chi connectivity index (χ4v) is 2.93. The summed E-state index contributed by atoms with van der Waals surface area (Å²) in [7, 11) is 1.60. The molecule has 1 fully saturated rings. The number of hydrogen-bond donors (Lipinski definition) is 1. The van der Waals surface area contributed by atoms with E-state index in [0.717, 1.165) is 38.6 Å². The van der Waals surface area contributed by atoms with Gasteiger partial charge < -0.3 is 20.1 Å². The minimum atomic E-state index is 0.0264. The van der Waals surface area contributed by atoms with Gasteiger partial charge in [-0.3, -0.25) is 4.79 Å². The molecule has 5 heteroatoms. The van der Waals surface area contributed by atoms with Crippen molar-refractivity contribution < 1.29 is 14.3 Å². The maximum atomic E-state index is 12.8. The predicted molar refractivity (Wildman–Crippen MR) is 91.1 cm³/mol. The van der Waals surface area contributed by atoms with Gasteiger partial charge in [-0.15, -0.1) is 0 Å². The van der Waals surface area contributed by atoms with Gasteiger partial charge in [-0.1, -0.05) is 13.3 Å². The molecule has 1 aliphatic rings. The molecule has 1 aromatic rings. The van der Waals surface area contributed by atoms with Gasteiger partial charge in [0, 0.05) is 24.7 Å². The van der Waals surface area contributed by atoms with Crippen molar-refractivity contribution in [2.24, 2.45) is 5.73 Å². The number of unbranched alkanes of at least 4 members (excludes halogenated alkanes) is 1. The quantitative estimate of drug-likeness (QED) is 0.785. The summed E-state index contributed by atoms with van der Waals surface area (Å²) in [5.41, 5.74) is 6.45. The van der Waals surface area contributed by atoms with Crippen LogP contribution in [-0.4, -0.2) is 43.7 Å². The first-order chi connectivity index (χ1) is 11.2. The molecule has 1 atom stereocenters. The summed E-state index contributed by atoms with van der Waals surface area (Å²) in [6.45, 7) is 4.06. The number of amides is 1. The lowest BCUT2D eigenvalue weighted by Crippen LogP contribution is -2.47.